The van der Waals surface area contributed by atoms with E-state index in [0.29, 0.717) is 22.1 Å². The van der Waals surface area contributed by atoms with Crippen molar-refractivity contribution in [2.75, 3.05) is 0 Å². The van der Waals surface area contributed by atoms with Gasteiger partial charge in [0, 0.05) is 5.56 Å². The van der Waals surface area contributed by atoms with E-state index in [1.165, 1.54) is 22.6 Å². The Hall–Kier alpha value is -2.07. The molecule has 18 heavy (non-hydrogen) atoms. The number of pyridine rings is 1. The molecule has 0 bridgehead atoms. The summed E-state index contributed by atoms with van der Waals surface area (Å²) >= 11 is 6.01. The Morgan fingerprint density at radius 2 is 1.83 bits per heavy atom. The fourth-order valence-electron chi connectivity index (χ4n) is 1.87. The van der Waals surface area contributed by atoms with Gasteiger partial charge in [-0.1, -0.05) is 17.7 Å². The molecule has 0 aliphatic carbocycles. The first kappa shape index (κ1) is 11.0. The van der Waals surface area contributed by atoms with Crippen molar-refractivity contribution in [3.8, 4) is 17.3 Å². The predicted octanol–water partition coefficient (Wildman–Crippen LogP) is 3.50. The van der Waals surface area contributed by atoms with E-state index in [0.717, 1.165) is 0 Å². The van der Waals surface area contributed by atoms with E-state index >= 15 is 0 Å². The van der Waals surface area contributed by atoms with E-state index in [2.05, 4.69) is 4.98 Å². The average Bonchev–Trinajstić information content (AvgIpc) is 2.70. The number of aromatic nitrogens is 2. The van der Waals surface area contributed by atoms with Crippen LogP contribution in [0.15, 0.2) is 42.5 Å². The molecule has 0 aliphatic rings. The summed E-state index contributed by atoms with van der Waals surface area (Å²) in [7, 11) is 0. The molecule has 0 unspecified atom stereocenters. The number of hydrogen-bond donors (Lipinski definition) is 1. The molecule has 5 heteroatoms. The summed E-state index contributed by atoms with van der Waals surface area (Å²) < 4.78 is 14.4. The molecule has 1 aromatic carbocycles. The summed E-state index contributed by atoms with van der Waals surface area (Å²) in [6, 6.07) is 10.8. The maximum absolute atomic E-state index is 12.9. The second-order valence-electron chi connectivity index (χ2n) is 3.84. The molecule has 2 aromatic heterocycles. The fourth-order valence-corrected chi connectivity index (χ4v) is 2.10. The number of hydrogen-bond acceptors (Lipinski definition) is 2. The minimum Gasteiger partial charge on any atom is -0.494 e. The molecule has 3 rings (SSSR count). The Morgan fingerprint density at radius 3 is 2.56 bits per heavy atom. The van der Waals surface area contributed by atoms with Gasteiger partial charge in [-0.2, -0.15) is 0 Å². The third-order valence-corrected chi connectivity index (χ3v) is 2.98. The van der Waals surface area contributed by atoms with Crippen molar-refractivity contribution < 1.29 is 9.50 Å². The quantitative estimate of drug-likeness (QED) is 0.729. The van der Waals surface area contributed by atoms with Gasteiger partial charge in [0.05, 0.1) is 5.52 Å². The predicted molar refractivity (Wildman–Crippen MR) is 67.3 cm³/mol. The Bertz CT molecular complexity index is 722. The monoisotopic (exact) mass is 262 g/mol. The van der Waals surface area contributed by atoms with Crippen molar-refractivity contribution in [2.24, 2.45) is 0 Å². The van der Waals surface area contributed by atoms with Crippen molar-refractivity contribution in [2.45, 2.75) is 0 Å². The molecule has 0 atom stereocenters. The largest absolute Gasteiger partial charge is 0.494 e. The fraction of sp³-hybridized carbons (Fsp3) is 0. The second-order valence-corrected chi connectivity index (χ2v) is 4.20. The van der Waals surface area contributed by atoms with Crippen molar-refractivity contribution in [1.29, 1.82) is 0 Å². The van der Waals surface area contributed by atoms with Crippen LogP contribution in [0.3, 0.4) is 0 Å². The molecule has 0 spiro atoms. The molecule has 0 saturated carbocycles. The number of nitrogens with zero attached hydrogens (tertiary/aromatic N) is 2. The van der Waals surface area contributed by atoms with Gasteiger partial charge in [0.1, 0.15) is 11.6 Å². The van der Waals surface area contributed by atoms with Gasteiger partial charge in [-0.15, -0.1) is 0 Å². The van der Waals surface area contributed by atoms with E-state index in [4.69, 9.17) is 11.6 Å². The molecule has 0 saturated heterocycles. The van der Waals surface area contributed by atoms with Gasteiger partial charge in [0.25, 0.3) is 0 Å². The van der Waals surface area contributed by atoms with Crippen LogP contribution in [0.1, 0.15) is 0 Å². The first-order valence-corrected chi connectivity index (χ1v) is 5.66. The first-order valence-electron chi connectivity index (χ1n) is 5.28. The van der Waals surface area contributed by atoms with Crippen molar-refractivity contribution in [3.63, 3.8) is 0 Å². The molecule has 2 heterocycles. The molecule has 1 N–H and O–H groups in total. The molecule has 0 radical (unpaired) electrons. The lowest BCUT2D eigenvalue weighted by Gasteiger charge is -2.03. The van der Waals surface area contributed by atoms with Crippen LogP contribution in [0.25, 0.3) is 16.9 Å². The van der Waals surface area contributed by atoms with E-state index < -0.39 is 0 Å². The van der Waals surface area contributed by atoms with Crippen molar-refractivity contribution >= 4 is 17.1 Å². The van der Waals surface area contributed by atoms with Crippen LogP contribution in [0.5, 0.6) is 5.88 Å². The van der Waals surface area contributed by atoms with Crippen LogP contribution >= 0.6 is 11.6 Å². The zero-order valence-electron chi connectivity index (χ0n) is 9.14. The smallest absolute Gasteiger partial charge is 0.197 e. The number of aromatic hydroxyl groups is 1. The van der Waals surface area contributed by atoms with E-state index in [9.17, 15) is 9.50 Å². The maximum Gasteiger partial charge on any atom is 0.197 e. The highest BCUT2D eigenvalue weighted by Gasteiger charge is 2.13. The van der Waals surface area contributed by atoms with Gasteiger partial charge >= 0.3 is 0 Å². The zero-order valence-corrected chi connectivity index (χ0v) is 9.89. The molecule has 0 aliphatic heterocycles. The van der Waals surface area contributed by atoms with Crippen LogP contribution in [-0.4, -0.2) is 14.5 Å². The van der Waals surface area contributed by atoms with Crippen LogP contribution in [0.4, 0.5) is 4.39 Å². The Labute approximate surface area is 107 Å². The number of benzene rings is 1. The number of halogens is 2. The number of fused-ring (bicyclic) bond motifs is 1. The molecular formula is C13H8ClFN2O. The van der Waals surface area contributed by atoms with Gasteiger partial charge in [-0.3, -0.25) is 4.40 Å². The maximum atomic E-state index is 12.9. The highest BCUT2D eigenvalue weighted by Crippen LogP contribution is 2.29. The zero-order chi connectivity index (χ0) is 12.7. The van der Waals surface area contributed by atoms with E-state index in [1.54, 1.807) is 24.3 Å². The number of imidazole rings is 1. The minimum atomic E-state index is -0.324. The Balaban J connectivity index is 2.32. The summed E-state index contributed by atoms with van der Waals surface area (Å²) in [5.41, 5.74) is 1.29. The lowest BCUT2D eigenvalue weighted by atomic mass is 10.2. The van der Waals surface area contributed by atoms with Crippen LogP contribution in [0.2, 0.25) is 5.15 Å². The third kappa shape index (κ3) is 1.62. The van der Waals surface area contributed by atoms with Crippen LogP contribution in [0, 0.1) is 5.82 Å². The number of rotatable bonds is 1. The Kier molecular flexibility index (Phi) is 2.45. The summed E-state index contributed by atoms with van der Waals surface area (Å²) in [5.74, 6) is 0.189. The highest BCUT2D eigenvalue weighted by atomic mass is 35.5. The van der Waals surface area contributed by atoms with Crippen LogP contribution in [-0.2, 0) is 0 Å². The molecule has 0 amide bonds. The standard InChI is InChI=1S/C13H8ClFN2O/c14-12-10-2-1-3-11(18)17(10)13(16-12)8-4-6-9(15)7-5-8/h1-7,18H. The summed E-state index contributed by atoms with van der Waals surface area (Å²) in [6.45, 7) is 0. The van der Waals surface area contributed by atoms with Crippen molar-refractivity contribution in [3.05, 3.63) is 53.4 Å². The molecule has 3 nitrogen and oxygen atoms in total. The molecular weight excluding hydrogens is 255 g/mol. The molecule has 3 aromatic rings. The van der Waals surface area contributed by atoms with Gasteiger partial charge in [-0.05, 0) is 36.4 Å². The van der Waals surface area contributed by atoms with Crippen molar-refractivity contribution in [1.82, 2.24) is 9.38 Å². The van der Waals surface area contributed by atoms with Crippen LogP contribution < -0.4 is 0 Å². The third-order valence-electron chi connectivity index (χ3n) is 2.70. The summed E-state index contributed by atoms with van der Waals surface area (Å²) in [5, 5.41) is 10.2. The topological polar surface area (TPSA) is 37.5 Å². The highest BCUT2D eigenvalue weighted by molar-refractivity contribution is 6.32. The van der Waals surface area contributed by atoms with Gasteiger partial charge < -0.3 is 5.11 Å². The Morgan fingerprint density at radius 1 is 1.11 bits per heavy atom. The van der Waals surface area contributed by atoms with Gasteiger partial charge in [0.15, 0.2) is 11.0 Å². The molecule has 90 valence electrons. The first-order chi connectivity index (χ1) is 8.66. The normalized spacial score (nSPS) is 11.0. The van der Waals surface area contributed by atoms with Gasteiger partial charge in [-0.25, -0.2) is 9.37 Å². The second kappa shape index (κ2) is 3.99. The van der Waals surface area contributed by atoms with E-state index in [-0.39, 0.29) is 11.7 Å². The lowest BCUT2D eigenvalue weighted by molar-refractivity contribution is 0.447. The van der Waals surface area contributed by atoms with E-state index in [1.807, 2.05) is 0 Å². The lowest BCUT2D eigenvalue weighted by Crippen LogP contribution is -1.90. The van der Waals surface area contributed by atoms with Gasteiger partial charge in [0.2, 0.25) is 0 Å². The summed E-state index contributed by atoms with van der Waals surface area (Å²) in [4.78, 5) is 4.20. The SMILES string of the molecule is Oc1cccc2c(Cl)nc(-c3ccc(F)cc3)n12. The molecule has 0 fully saturated rings. The average molecular weight is 263 g/mol. The minimum absolute atomic E-state index is 0.0335. The summed E-state index contributed by atoms with van der Waals surface area (Å²) in [6.07, 6.45) is 0.